The van der Waals surface area contributed by atoms with Gasteiger partial charge in [0.05, 0.1) is 11.0 Å². The van der Waals surface area contributed by atoms with E-state index in [1.807, 2.05) is 24.3 Å². The fraction of sp³-hybridized carbons (Fsp3) is 0.0909. The Morgan fingerprint density at radius 1 is 0.969 bits per heavy atom. The number of rotatable bonds is 5. The highest BCUT2D eigenvalue weighted by molar-refractivity contribution is 5.81. The Morgan fingerprint density at radius 3 is 2.56 bits per heavy atom. The molecule has 0 spiro atoms. The molecule has 7 nitrogen and oxygen atoms in total. The van der Waals surface area contributed by atoms with Crippen LogP contribution in [0, 0.1) is 0 Å². The summed E-state index contributed by atoms with van der Waals surface area (Å²) in [6, 6.07) is 16.4. The summed E-state index contributed by atoms with van der Waals surface area (Å²) in [7, 11) is 0. The second-order valence-electron chi connectivity index (χ2n) is 7.11. The fourth-order valence-electron chi connectivity index (χ4n) is 3.30. The van der Waals surface area contributed by atoms with Gasteiger partial charge < -0.3 is 25.2 Å². The minimum atomic E-state index is -4.74. The molecule has 0 saturated carbocycles. The fourth-order valence-corrected chi connectivity index (χ4v) is 3.30. The van der Waals surface area contributed by atoms with E-state index in [1.165, 1.54) is 24.3 Å². The van der Waals surface area contributed by atoms with Crippen LogP contribution in [-0.4, -0.2) is 21.3 Å². The van der Waals surface area contributed by atoms with Gasteiger partial charge in [-0.2, -0.15) is 0 Å². The van der Waals surface area contributed by atoms with Gasteiger partial charge in [-0.15, -0.1) is 13.2 Å². The summed E-state index contributed by atoms with van der Waals surface area (Å²) in [5.41, 5.74) is 10.8. The molecule has 0 amide bonds. The second-order valence-corrected chi connectivity index (χ2v) is 7.11. The first kappa shape index (κ1) is 19.7. The van der Waals surface area contributed by atoms with Crippen LogP contribution in [0.5, 0.6) is 5.75 Å². The van der Waals surface area contributed by atoms with Gasteiger partial charge in [-0.25, -0.2) is 9.97 Å². The maximum absolute atomic E-state index is 12.3. The average Bonchev–Trinajstić information content (AvgIpc) is 3.34. The molecule has 0 aliphatic carbocycles. The Labute approximate surface area is 179 Å². The number of imidazole rings is 1. The maximum Gasteiger partial charge on any atom is 0.573 e. The van der Waals surface area contributed by atoms with Gasteiger partial charge in [-0.05, 0) is 60.2 Å². The van der Waals surface area contributed by atoms with Crippen molar-refractivity contribution in [3.8, 4) is 17.2 Å². The third-order valence-corrected chi connectivity index (χ3v) is 4.75. The number of nitrogens with one attached hydrogen (secondary N) is 2. The smallest absolute Gasteiger partial charge is 0.436 e. The molecule has 5 aromatic rings. The van der Waals surface area contributed by atoms with Crippen LogP contribution in [0.25, 0.3) is 33.6 Å². The summed E-state index contributed by atoms with van der Waals surface area (Å²) in [4.78, 5) is 12.1. The van der Waals surface area contributed by atoms with Crippen molar-refractivity contribution < 1.29 is 22.3 Å². The Hall–Kier alpha value is -4.21. The van der Waals surface area contributed by atoms with E-state index in [-0.39, 0.29) is 5.75 Å². The first-order valence-electron chi connectivity index (χ1n) is 9.57. The van der Waals surface area contributed by atoms with Gasteiger partial charge in [-0.3, -0.25) is 0 Å². The van der Waals surface area contributed by atoms with Crippen molar-refractivity contribution in [3.05, 3.63) is 66.2 Å². The molecule has 0 unspecified atom stereocenters. The minimum Gasteiger partial charge on any atom is -0.436 e. The van der Waals surface area contributed by atoms with E-state index < -0.39 is 6.36 Å². The lowest BCUT2D eigenvalue weighted by atomic mass is 10.2. The molecule has 0 saturated heterocycles. The van der Waals surface area contributed by atoms with Crippen molar-refractivity contribution in [2.75, 3.05) is 11.1 Å². The Bertz CT molecular complexity index is 1410. The lowest BCUT2D eigenvalue weighted by molar-refractivity contribution is -0.274. The molecule has 2 heterocycles. The molecule has 4 N–H and O–H groups in total. The molecule has 0 atom stereocenters. The molecule has 10 heteroatoms. The van der Waals surface area contributed by atoms with E-state index in [4.69, 9.17) is 10.2 Å². The zero-order valence-corrected chi connectivity index (χ0v) is 16.4. The quantitative estimate of drug-likeness (QED) is 0.314. The molecule has 0 bridgehead atoms. The molecule has 5 rings (SSSR count). The number of alkyl halides is 3. The van der Waals surface area contributed by atoms with Crippen LogP contribution in [-0.2, 0) is 6.54 Å². The number of H-pyrrole nitrogens is 1. The average molecular weight is 439 g/mol. The molecule has 0 aliphatic heterocycles. The van der Waals surface area contributed by atoms with Gasteiger partial charge in [0.25, 0.3) is 0 Å². The molecule has 0 fully saturated rings. The van der Waals surface area contributed by atoms with Crippen molar-refractivity contribution >= 4 is 33.8 Å². The van der Waals surface area contributed by atoms with Crippen molar-refractivity contribution in [3.63, 3.8) is 0 Å². The second kappa shape index (κ2) is 7.49. The number of anilines is 2. The highest BCUT2D eigenvalue weighted by Gasteiger charge is 2.31. The highest BCUT2D eigenvalue weighted by Crippen LogP contribution is 2.29. The molecule has 32 heavy (non-hydrogen) atoms. The molecule has 0 radical (unpaired) electrons. The van der Waals surface area contributed by atoms with Crippen LogP contribution in [0.3, 0.4) is 0 Å². The molecule has 0 aliphatic rings. The van der Waals surface area contributed by atoms with E-state index in [9.17, 15) is 13.2 Å². The van der Waals surface area contributed by atoms with E-state index in [2.05, 4.69) is 25.0 Å². The lowest BCUT2D eigenvalue weighted by Gasteiger charge is -2.08. The Balaban J connectivity index is 1.32. The number of hydrogen-bond donors (Lipinski definition) is 3. The van der Waals surface area contributed by atoms with Crippen molar-refractivity contribution in [1.29, 1.82) is 0 Å². The van der Waals surface area contributed by atoms with Gasteiger partial charge >= 0.3 is 6.36 Å². The van der Waals surface area contributed by atoms with Gasteiger partial charge in [-0.1, -0.05) is 6.07 Å². The molecule has 2 aromatic heterocycles. The summed E-state index contributed by atoms with van der Waals surface area (Å²) in [5.74, 6) is 0.616. The van der Waals surface area contributed by atoms with E-state index in [0.29, 0.717) is 40.7 Å². The Morgan fingerprint density at radius 2 is 1.78 bits per heavy atom. The summed E-state index contributed by atoms with van der Waals surface area (Å²) in [6.45, 7) is 0.497. The van der Waals surface area contributed by atoms with Crippen molar-refractivity contribution in [1.82, 2.24) is 15.0 Å². The third kappa shape index (κ3) is 4.15. The number of nitrogens with two attached hydrogens (primary N) is 1. The largest absolute Gasteiger partial charge is 0.573 e. The first-order valence-corrected chi connectivity index (χ1v) is 9.57. The predicted octanol–water partition coefficient (Wildman–Crippen LogP) is 5.46. The van der Waals surface area contributed by atoms with Crippen LogP contribution in [0.15, 0.2) is 65.1 Å². The summed E-state index contributed by atoms with van der Waals surface area (Å²) in [5, 5.41) is 3.23. The van der Waals surface area contributed by atoms with Gasteiger partial charge in [0.15, 0.2) is 5.58 Å². The van der Waals surface area contributed by atoms with E-state index in [1.54, 1.807) is 12.1 Å². The zero-order valence-electron chi connectivity index (χ0n) is 16.4. The van der Waals surface area contributed by atoms with Crippen LogP contribution in [0.1, 0.15) is 5.56 Å². The summed E-state index contributed by atoms with van der Waals surface area (Å²) < 4.78 is 46.6. The SMILES string of the molecule is Nc1ccc2nc(NCc3ccc4oc(-c5ccc(OC(F)(F)F)cc5)nc4c3)[nH]c2c1. The standard InChI is InChI=1S/C22H16F3N5O2/c23-22(24,25)32-15-5-2-13(3-6-15)20-28-18-9-12(1-8-19(18)31-20)11-27-21-29-16-7-4-14(26)10-17(16)30-21/h1-10H,11,26H2,(H2,27,29,30). The van der Waals surface area contributed by atoms with Gasteiger partial charge in [0.1, 0.15) is 11.3 Å². The van der Waals surface area contributed by atoms with E-state index in [0.717, 1.165) is 16.6 Å². The normalized spacial score (nSPS) is 11.8. The summed E-state index contributed by atoms with van der Waals surface area (Å²) >= 11 is 0. The first-order chi connectivity index (χ1) is 15.3. The van der Waals surface area contributed by atoms with Crippen LogP contribution in [0.4, 0.5) is 24.8 Å². The number of aromatic amines is 1. The number of aromatic nitrogens is 3. The molecular weight excluding hydrogens is 423 g/mol. The highest BCUT2D eigenvalue weighted by atomic mass is 19.4. The lowest BCUT2D eigenvalue weighted by Crippen LogP contribution is -2.16. The zero-order chi connectivity index (χ0) is 22.3. The van der Waals surface area contributed by atoms with Gasteiger partial charge in [0, 0.05) is 17.8 Å². The number of hydrogen-bond acceptors (Lipinski definition) is 6. The minimum absolute atomic E-state index is 0.304. The van der Waals surface area contributed by atoms with Crippen molar-refractivity contribution in [2.24, 2.45) is 0 Å². The number of benzene rings is 3. The number of fused-ring (bicyclic) bond motifs is 2. The predicted molar refractivity (Wildman–Crippen MR) is 114 cm³/mol. The van der Waals surface area contributed by atoms with Crippen LogP contribution >= 0.6 is 0 Å². The molecular formula is C22H16F3N5O2. The monoisotopic (exact) mass is 439 g/mol. The Kier molecular flexibility index (Phi) is 4.62. The number of ether oxygens (including phenoxy) is 1. The topological polar surface area (TPSA) is 102 Å². The number of nitrogen functional groups attached to an aromatic ring is 1. The third-order valence-electron chi connectivity index (χ3n) is 4.75. The molecule has 162 valence electrons. The van der Waals surface area contributed by atoms with Crippen molar-refractivity contribution in [2.45, 2.75) is 12.9 Å². The number of halogens is 3. The summed E-state index contributed by atoms with van der Waals surface area (Å²) in [6.07, 6.45) is -4.74. The van der Waals surface area contributed by atoms with Gasteiger partial charge in [0.2, 0.25) is 11.8 Å². The van der Waals surface area contributed by atoms with E-state index >= 15 is 0 Å². The number of nitrogens with zero attached hydrogens (tertiary/aromatic N) is 2. The van der Waals surface area contributed by atoms with Crippen LogP contribution in [0.2, 0.25) is 0 Å². The van der Waals surface area contributed by atoms with Crippen LogP contribution < -0.4 is 15.8 Å². The molecule has 3 aromatic carbocycles. The maximum atomic E-state index is 12.3. The number of oxazole rings is 1.